The highest BCUT2D eigenvalue weighted by atomic mass is 32.2. The number of hydrogen-bond donors (Lipinski definition) is 2. The van der Waals surface area contributed by atoms with E-state index in [0.29, 0.717) is 22.8 Å². The lowest BCUT2D eigenvalue weighted by atomic mass is 10.2. The van der Waals surface area contributed by atoms with Gasteiger partial charge in [0, 0.05) is 17.5 Å². The average molecular weight is 435 g/mol. The molecule has 0 radical (unpaired) electrons. The molecule has 0 saturated heterocycles. The minimum absolute atomic E-state index is 0.153. The number of fused-ring (bicyclic) bond motifs is 1. The highest BCUT2D eigenvalue weighted by molar-refractivity contribution is 7.92. The molecule has 2 aromatic carbocycles. The third-order valence-corrected chi connectivity index (χ3v) is 5.76. The van der Waals surface area contributed by atoms with E-state index < -0.39 is 21.7 Å². The first-order valence-corrected chi connectivity index (χ1v) is 9.98. The standard InChI is InChI=1S/C19H20N2O8S/c1-26-13-6-5-10(7-14(13)27-2)30(24,25)21-17-11-8-15(28-3)16(29-4)9-12(11)20-18(17)19(22)23/h5-9,20-21H,1-4H3,(H,22,23)/p-1. The summed E-state index contributed by atoms with van der Waals surface area (Å²) in [5, 5.41) is 11.9. The van der Waals surface area contributed by atoms with E-state index in [0.717, 1.165) is 0 Å². The van der Waals surface area contributed by atoms with Crippen molar-refractivity contribution in [3.63, 3.8) is 0 Å². The molecule has 0 amide bonds. The number of ether oxygens (including phenoxy) is 4. The number of aromatic amines is 1. The molecule has 3 rings (SSSR count). The molecule has 11 heteroatoms. The van der Waals surface area contributed by atoms with Crippen LogP contribution in [0.2, 0.25) is 0 Å². The van der Waals surface area contributed by atoms with E-state index in [4.69, 9.17) is 18.9 Å². The Morgan fingerprint density at radius 1 is 0.900 bits per heavy atom. The Bertz CT molecular complexity index is 1220. The van der Waals surface area contributed by atoms with E-state index in [1.807, 2.05) is 0 Å². The molecule has 1 aromatic heterocycles. The van der Waals surface area contributed by atoms with Crippen molar-refractivity contribution in [3.05, 3.63) is 36.0 Å². The SMILES string of the molecule is COc1ccc(S(=O)(=O)Nc2c(C(=O)[O-])[nH]c3cc(OC)c(OC)cc23)cc1OC. The molecule has 0 bridgehead atoms. The number of aromatic carboxylic acids is 1. The van der Waals surface area contributed by atoms with E-state index in [1.165, 1.54) is 58.8 Å². The Kier molecular flexibility index (Phi) is 5.65. The summed E-state index contributed by atoms with van der Waals surface area (Å²) in [6.45, 7) is 0. The maximum absolute atomic E-state index is 13.0. The van der Waals surface area contributed by atoms with Crippen LogP contribution in [0.5, 0.6) is 23.0 Å². The molecule has 2 N–H and O–H groups in total. The lowest BCUT2D eigenvalue weighted by molar-refractivity contribution is -0.255. The second-order valence-corrected chi connectivity index (χ2v) is 7.72. The number of H-pyrrole nitrogens is 1. The van der Waals surface area contributed by atoms with Crippen molar-refractivity contribution in [2.24, 2.45) is 0 Å². The first-order valence-electron chi connectivity index (χ1n) is 8.49. The smallest absolute Gasteiger partial charge is 0.262 e. The topological polar surface area (TPSA) is 139 Å². The molecule has 1 heterocycles. The fraction of sp³-hybridized carbons (Fsp3) is 0.211. The number of carbonyl (C=O) groups excluding carboxylic acids is 1. The van der Waals surface area contributed by atoms with Gasteiger partial charge in [0.15, 0.2) is 23.0 Å². The monoisotopic (exact) mass is 435 g/mol. The van der Waals surface area contributed by atoms with Crippen LogP contribution >= 0.6 is 0 Å². The summed E-state index contributed by atoms with van der Waals surface area (Å²) in [6, 6.07) is 6.95. The van der Waals surface area contributed by atoms with Crippen LogP contribution < -0.4 is 28.8 Å². The van der Waals surface area contributed by atoms with Gasteiger partial charge >= 0.3 is 0 Å². The first kappa shape index (κ1) is 21.1. The van der Waals surface area contributed by atoms with Crippen LogP contribution in [0.15, 0.2) is 35.2 Å². The van der Waals surface area contributed by atoms with E-state index in [-0.39, 0.29) is 21.7 Å². The number of rotatable bonds is 8. The van der Waals surface area contributed by atoms with Crippen molar-refractivity contribution in [1.82, 2.24) is 4.98 Å². The molecular formula is C19H19N2O8S-. The molecule has 0 unspecified atom stereocenters. The maximum Gasteiger partial charge on any atom is 0.262 e. The molecule has 0 aliphatic rings. The van der Waals surface area contributed by atoms with Gasteiger partial charge in [-0.15, -0.1) is 0 Å². The Balaban J connectivity index is 2.16. The summed E-state index contributed by atoms with van der Waals surface area (Å²) in [5.41, 5.74) is -0.318. The number of hydrogen-bond acceptors (Lipinski definition) is 8. The molecule has 0 fully saturated rings. The summed E-state index contributed by atoms with van der Waals surface area (Å²) in [5.74, 6) is -0.415. The van der Waals surface area contributed by atoms with Gasteiger partial charge in [-0.1, -0.05) is 0 Å². The van der Waals surface area contributed by atoms with Gasteiger partial charge in [-0.05, 0) is 18.2 Å². The van der Waals surface area contributed by atoms with Gasteiger partial charge < -0.3 is 33.8 Å². The Hall–Kier alpha value is -3.60. The van der Waals surface area contributed by atoms with Gasteiger partial charge in [-0.3, -0.25) is 4.72 Å². The zero-order chi connectivity index (χ0) is 22.1. The zero-order valence-electron chi connectivity index (χ0n) is 16.6. The van der Waals surface area contributed by atoms with Crippen molar-refractivity contribution >= 4 is 32.6 Å². The van der Waals surface area contributed by atoms with Crippen LogP contribution in [0.1, 0.15) is 10.5 Å². The predicted molar refractivity (Wildman–Crippen MR) is 106 cm³/mol. The molecule has 3 aromatic rings. The summed E-state index contributed by atoms with van der Waals surface area (Å²) < 4.78 is 48.9. The van der Waals surface area contributed by atoms with E-state index >= 15 is 0 Å². The molecule has 0 aliphatic heterocycles. The predicted octanol–water partition coefficient (Wildman–Crippen LogP) is 1.37. The van der Waals surface area contributed by atoms with Crippen molar-refractivity contribution < 1.29 is 37.3 Å². The third-order valence-electron chi connectivity index (χ3n) is 4.41. The number of methoxy groups -OCH3 is 4. The Morgan fingerprint density at radius 2 is 1.47 bits per heavy atom. The fourth-order valence-electron chi connectivity index (χ4n) is 2.96. The van der Waals surface area contributed by atoms with Crippen molar-refractivity contribution in [3.8, 4) is 23.0 Å². The second-order valence-electron chi connectivity index (χ2n) is 6.04. The van der Waals surface area contributed by atoms with Crippen LogP contribution in [0.3, 0.4) is 0 Å². The van der Waals surface area contributed by atoms with Crippen molar-refractivity contribution in [1.29, 1.82) is 0 Å². The molecular weight excluding hydrogens is 416 g/mol. The number of aromatic nitrogens is 1. The number of anilines is 1. The van der Waals surface area contributed by atoms with Crippen molar-refractivity contribution in [2.45, 2.75) is 4.90 Å². The molecule has 30 heavy (non-hydrogen) atoms. The highest BCUT2D eigenvalue weighted by Crippen LogP contribution is 2.38. The van der Waals surface area contributed by atoms with Crippen LogP contribution in [-0.2, 0) is 10.0 Å². The molecule has 0 aliphatic carbocycles. The second kappa shape index (κ2) is 8.03. The van der Waals surface area contributed by atoms with Crippen LogP contribution in [0, 0.1) is 0 Å². The number of carbonyl (C=O) groups is 1. The largest absolute Gasteiger partial charge is 0.543 e. The third kappa shape index (κ3) is 3.66. The molecule has 0 atom stereocenters. The van der Waals surface area contributed by atoms with Gasteiger partial charge in [0.2, 0.25) is 0 Å². The maximum atomic E-state index is 13.0. The van der Waals surface area contributed by atoms with Crippen LogP contribution in [0.4, 0.5) is 5.69 Å². The number of carboxylic acid groups (broad SMARTS) is 1. The van der Waals surface area contributed by atoms with Gasteiger partial charge in [-0.2, -0.15) is 0 Å². The van der Waals surface area contributed by atoms with Crippen LogP contribution in [-0.4, -0.2) is 47.8 Å². The number of carboxylic acids is 1. The Labute approximate surface area is 172 Å². The minimum Gasteiger partial charge on any atom is -0.543 e. The van der Waals surface area contributed by atoms with E-state index in [9.17, 15) is 18.3 Å². The lowest BCUT2D eigenvalue weighted by Crippen LogP contribution is -2.25. The highest BCUT2D eigenvalue weighted by Gasteiger charge is 2.23. The van der Waals surface area contributed by atoms with Gasteiger partial charge in [0.1, 0.15) is 0 Å². The minimum atomic E-state index is -4.19. The summed E-state index contributed by atoms with van der Waals surface area (Å²) in [4.78, 5) is 14.1. The van der Waals surface area contributed by atoms with E-state index in [2.05, 4.69) is 9.71 Å². The average Bonchev–Trinajstić information content (AvgIpc) is 3.08. The molecule has 160 valence electrons. The summed E-state index contributed by atoms with van der Waals surface area (Å²) in [6.07, 6.45) is 0. The zero-order valence-corrected chi connectivity index (χ0v) is 17.4. The summed E-state index contributed by atoms with van der Waals surface area (Å²) in [7, 11) is 1.43. The molecule has 0 spiro atoms. The lowest BCUT2D eigenvalue weighted by Gasteiger charge is -2.13. The van der Waals surface area contributed by atoms with Crippen LogP contribution in [0.25, 0.3) is 10.9 Å². The fourth-order valence-corrected chi connectivity index (χ4v) is 4.07. The van der Waals surface area contributed by atoms with Gasteiger partial charge in [0.05, 0.1) is 56.2 Å². The van der Waals surface area contributed by atoms with Crippen molar-refractivity contribution in [2.75, 3.05) is 33.2 Å². The quantitative estimate of drug-likeness (QED) is 0.541. The normalized spacial score (nSPS) is 11.2. The Morgan fingerprint density at radius 3 is 2.03 bits per heavy atom. The number of nitrogens with one attached hydrogen (secondary N) is 2. The molecule has 0 saturated carbocycles. The number of sulfonamides is 1. The number of benzene rings is 2. The summed E-state index contributed by atoms with van der Waals surface area (Å²) >= 11 is 0. The molecule has 10 nitrogen and oxygen atoms in total. The first-order chi connectivity index (χ1) is 14.2. The van der Waals surface area contributed by atoms with Gasteiger partial charge in [-0.25, -0.2) is 8.42 Å². The van der Waals surface area contributed by atoms with E-state index in [1.54, 1.807) is 0 Å². The van der Waals surface area contributed by atoms with Gasteiger partial charge in [0.25, 0.3) is 10.0 Å².